The summed E-state index contributed by atoms with van der Waals surface area (Å²) < 4.78 is 5.16. The Kier molecular flexibility index (Phi) is 5.63. The molecule has 1 N–H and O–H groups in total. The molecular formula is C19H23ClN2O3. The number of carbonyl (C=O) groups is 2. The van der Waals surface area contributed by atoms with Crippen LogP contribution in [0.4, 0.5) is 5.69 Å². The first kappa shape index (κ1) is 17.8. The molecule has 1 aromatic rings. The van der Waals surface area contributed by atoms with Gasteiger partial charge in [0.15, 0.2) is 0 Å². The lowest BCUT2D eigenvalue weighted by Gasteiger charge is -2.31. The number of hydrogen-bond donors (Lipinski definition) is 1. The van der Waals surface area contributed by atoms with Crippen LogP contribution in [0.15, 0.2) is 35.5 Å². The van der Waals surface area contributed by atoms with E-state index in [1.165, 1.54) is 6.42 Å². The normalized spacial score (nSPS) is 18.6. The van der Waals surface area contributed by atoms with Gasteiger partial charge < -0.3 is 15.0 Å². The second kappa shape index (κ2) is 7.91. The molecule has 1 aromatic carbocycles. The van der Waals surface area contributed by atoms with E-state index in [1.54, 1.807) is 31.2 Å². The van der Waals surface area contributed by atoms with E-state index < -0.39 is 5.97 Å². The lowest BCUT2D eigenvalue weighted by molar-refractivity contribution is -0.138. The first-order chi connectivity index (χ1) is 12.1. The molecule has 0 aromatic heterocycles. The fourth-order valence-electron chi connectivity index (χ4n) is 3.47. The number of rotatable bonds is 5. The molecule has 3 rings (SSSR count). The predicted molar refractivity (Wildman–Crippen MR) is 97.3 cm³/mol. The van der Waals surface area contributed by atoms with Gasteiger partial charge in [0, 0.05) is 16.8 Å². The lowest BCUT2D eigenvalue weighted by atomic mass is 9.94. The highest BCUT2D eigenvalue weighted by molar-refractivity contribution is 6.30. The molecule has 0 bridgehead atoms. The number of amides is 1. The van der Waals surface area contributed by atoms with E-state index >= 15 is 0 Å². The molecule has 1 aliphatic carbocycles. The van der Waals surface area contributed by atoms with Crippen molar-refractivity contribution in [3.63, 3.8) is 0 Å². The fourth-order valence-corrected chi connectivity index (χ4v) is 3.60. The zero-order valence-corrected chi connectivity index (χ0v) is 15.1. The summed E-state index contributed by atoms with van der Waals surface area (Å²) in [5.41, 5.74) is 1.46. The number of anilines is 1. The molecule has 0 atom stereocenters. The summed E-state index contributed by atoms with van der Waals surface area (Å²) in [6.07, 6.45) is 5.46. The zero-order chi connectivity index (χ0) is 17.8. The number of esters is 1. The summed E-state index contributed by atoms with van der Waals surface area (Å²) in [5, 5.41) is 3.72. The van der Waals surface area contributed by atoms with Gasteiger partial charge in [0.05, 0.1) is 18.7 Å². The second-order valence-electron chi connectivity index (χ2n) is 6.43. The van der Waals surface area contributed by atoms with Crippen molar-refractivity contribution in [3.05, 3.63) is 40.6 Å². The summed E-state index contributed by atoms with van der Waals surface area (Å²) in [6, 6.07) is 7.26. The molecule has 0 saturated heterocycles. The molecule has 1 heterocycles. The quantitative estimate of drug-likeness (QED) is 0.810. The highest BCUT2D eigenvalue weighted by Gasteiger charge is 2.38. The van der Waals surface area contributed by atoms with Crippen LogP contribution in [0, 0.1) is 0 Å². The largest absolute Gasteiger partial charge is 0.463 e. The van der Waals surface area contributed by atoms with Gasteiger partial charge in [-0.3, -0.25) is 4.79 Å². The molecule has 25 heavy (non-hydrogen) atoms. The van der Waals surface area contributed by atoms with Crippen LogP contribution < -0.4 is 5.32 Å². The Morgan fingerprint density at radius 2 is 1.92 bits per heavy atom. The number of nitrogens with one attached hydrogen (secondary N) is 1. The van der Waals surface area contributed by atoms with E-state index in [2.05, 4.69) is 5.32 Å². The van der Waals surface area contributed by atoms with E-state index in [4.69, 9.17) is 16.3 Å². The lowest BCUT2D eigenvalue weighted by Crippen LogP contribution is -2.39. The molecule has 1 aliphatic heterocycles. The Balaban J connectivity index is 1.84. The average molecular weight is 363 g/mol. The molecule has 2 aliphatic rings. The third-order valence-electron chi connectivity index (χ3n) is 4.76. The fraction of sp³-hybridized carbons (Fsp3) is 0.474. The number of carbonyl (C=O) groups excluding carboxylic acids is 2. The molecular weight excluding hydrogens is 340 g/mol. The van der Waals surface area contributed by atoms with Gasteiger partial charge in [0.2, 0.25) is 0 Å². The van der Waals surface area contributed by atoms with Crippen LogP contribution in [0.25, 0.3) is 0 Å². The van der Waals surface area contributed by atoms with Gasteiger partial charge in [-0.1, -0.05) is 30.9 Å². The average Bonchev–Trinajstić information content (AvgIpc) is 2.95. The first-order valence-corrected chi connectivity index (χ1v) is 9.21. The van der Waals surface area contributed by atoms with Gasteiger partial charge in [-0.15, -0.1) is 0 Å². The molecule has 0 unspecified atom stereocenters. The van der Waals surface area contributed by atoms with Crippen LogP contribution in [0.1, 0.15) is 39.0 Å². The summed E-state index contributed by atoms with van der Waals surface area (Å²) >= 11 is 5.91. The SMILES string of the molecule is CCOC(=O)C1=C(Nc2ccc(Cl)cc2)C(=O)N(C2CCCCC2)C1. The standard InChI is InChI=1S/C19H23ClN2O3/c1-2-25-19(24)16-12-22(15-6-4-3-5-7-15)18(23)17(16)21-14-10-8-13(20)9-11-14/h8-11,15,21H,2-7,12H2,1H3. The summed E-state index contributed by atoms with van der Waals surface area (Å²) in [4.78, 5) is 27.1. The molecule has 5 nitrogen and oxygen atoms in total. The Morgan fingerprint density at radius 1 is 1.24 bits per heavy atom. The second-order valence-corrected chi connectivity index (χ2v) is 6.87. The van der Waals surface area contributed by atoms with Crippen LogP contribution in [-0.4, -0.2) is 36.0 Å². The van der Waals surface area contributed by atoms with Crippen LogP contribution in [0.2, 0.25) is 5.02 Å². The summed E-state index contributed by atoms with van der Waals surface area (Å²) in [7, 11) is 0. The number of benzene rings is 1. The van der Waals surface area contributed by atoms with Gasteiger partial charge in [-0.2, -0.15) is 0 Å². The van der Waals surface area contributed by atoms with E-state index in [1.807, 2.05) is 4.90 Å². The van der Waals surface area contributed by atoms with Gasteiger partial charge >= 0.3 is 5.97 Å². The van der Waals surface area contributed by atoms with Gasteiger partial charge in [0.1, 0.15) is 5.70 Å². The molecule has 134 valence electrons. The Hall–Kier alpha value is -2.01. The van der Waals surface area contributed by atoms with Crippen molar-refractivity contribution in [1.29, 1.82) is 0 Å². The Labute approximate surface area is 153 Å². The number of ether oxygens (including phenoxy) is 1. The molecule has 6 heteroatoms. The molecule has 1 amide bonds. The predicted octanol–water partition coefficient (Wildman–Crippen LogP) is 3.74. The van der Waals surface area contributed by atoms with Crippen molar-refractivity contribution in [2.45, 2.75) is 45.1 Å². The van der Waals surface area contributed by atoms with Gasteiger partial charge in [-0.05, 0) is 44.0 Å². The highest BCUT2D eigenvalue weighted by atomic mass is 35.5. The topological polar surface area (TPSA) is 58.6 Å². The van der Waals surface area contributed by atoms with Crippen LogP contribution >= 0.6 is 11.6 Å². The third kappa shape index (κ3) is 3.98. The maximum atomic E-state index is 13.0. The van der Waals surface area contributed by atoms with E-state index in [-0.39, 0.29) is 18.6 Å². The molecule has 0 radical (unpaired) electrons. The summed E-state index contributed by atoms with van der Waals surface area (Å²) in [5.74, 6) is -0.546. The van der Waals surface area contributed by atoms with Crippen molar-refractivity contribution in [2.75, 3.05) is 18.5 Å². The molecule has 1 saturated carbocycles. The van der Waals surface area contributed by atoms with Gasteiger partial charge in [0.25, 0.3) is 5.91 Å². The van der Waals surface area contributed by atoms with Crippen molar-refractivity contribution < 1.29 is 14.3 Å². The van der Waals surface area contributed by atoms with Crippen molar-refractivity contribution in [2.24, 2.45) is 0 Å². The minimum atomic E-state index is -0.425. The number of halogens is 1. The monoisotopic (exact) mass is 362 g/mol. The van der Waals surface area contributed by atoms with Gasteiger partial charge in [-0.25, -0.2) is 4.79 Å². The van der Waals surface area contributed by atoms with E-state index in [9.17, 15) is 9.59 Å². The summed E-state index contributed by atoms with van der Waals surface area (Å²) in [6.45, 7) is 2.37. The smallest absolute Gasteiger partial charge is 0.338 e. The molecule has 0 spiro atoms. The minimum Gasteiger partial charge on any atom is -0.463 e. The Morgan fingerprint density at radius 3 is 2.56 bits per heavy atom. The van der Waals surface area contributed by atoms with E-state index in [0.717, 1.165) is 31.4 Å². The number of hydrogen-bond acceptors (Lipinski definition) is 4. The number of nitrogens with zero attached hydrogens (tertiary/aromatic N) is 1. The van der Waals surface area contributed by atoms with Crippen molar-refractivity contribution in [3.8, 4) is 0 Å². The van der Waals surface area contributed by atoms with E-state index in [0.29, 0.717) is 22.8 Å². The van der Waals surface area contributed by atoms with Crippen molar-refractivity contribution in [1.82, 2.24) is 4.90 Å². The Bertz CT molecular complexity index is 678. The minimum absolute atomic E-state index is 0.120. The zero-order valence-electron chi connectivity index (χ0n) is 14.4. The van der Waals surface area contributed by atoms with Crippen molar-refractivity contribution >= 4 is 29.2 Å². The third-order valence-corrected chi connectivity index (χ3v) is 5.01. The van der Waals surface area contributed by atoms with Crippen LogP contribution in [0.5, 0.6) is 0 Å². The highest BCUT2D eigenvalue weighted by Crippen LogP contribution is 2.30. The maximum absolute atomic E-state index is 13.0. The first-order valence-electron chi connectivity index (χ1n) is 8.84. The van der Waals surface area contributed by atoms with Crippen LogP contribution in [0.3, 0.4) is 0 Å². The van der Waals surface area contributed by atoms with Crippen LogP contribution in [-0.2, 0) is 14.3 Å². The maximum Gasteiger partial charge on any atom is 0.338 e. The molecule has 1 fully saturated rings.